The molecule has 4 nitrogen and oxygen atoms in total. The van der Waals surface area contributed by atoms with Gasteiger partial charge in [-0.1, -0.05) is 44.2 Å². The molecule has 0 unspecified atom stereocenters. The van der Waals surface area contributed by atoms with Crippen molar-refractivity contribution >= 4 is 6.29 Å². The van der Waals surface area contributed by atoms with E-state index in [2.05, 4.69) is 0 Å². The van der Waals surface area contributed by atoms with Gasteiger partial charge in [0.1, 0.15) is 18.1 Å². The second kappa shape index (κ2) is 10.3. The van der Waals surface area contributed by atoms with E-state index >= 15 is 0 Å². The second-order valence-corrected chi connectivity index (χ2v) is 3.93. The Morgan fingerprint density at radius 2 is 2.20 bits per heavy atom. The first kappa shape index (κ1) is 18.4. The molecular formula is C15H25FN2O2. The smallest absolute Gasteiger partial charge is 0.143 e. The molecule has 0 saturated heterocycles. The molecule has 20 heavy (non-hydrogen) atoms. The molecule has 1 aromatic carbocycles. The first-order valence-corrected chi connectivity index (χ1v) is 6.61. The van der Waals surface area contributed by atoms with Gasteiger partial charge in [-0.25, -0.2) is 4.39 Å². The van der Waals surface area contributed by atoms with Gasteiger partial charge in [0.15, 0.2) is 0 Å². The number of carbonyl (C=O) groups is 1. The summed E-state index contributed by atoms with van der Waals surface area (Å²) in [5.41, 5.74) is 6.52. The van der Waals surface area contributed by atoms with Crippen LogP contribution in [0.3, 0.4) is 0 Å². The van der Waals surface area contributed by atoms with Gasteiger partial charge in [0.25, 0.3) is 0 Å². The molecule has 1 aliphatic heterocycles. The van der Waals surface area contributed by atoms with E-state index in [4.69, 9.17) is 10.9 Å². The maximum Gasteiger partial charge on any atom is 0.143 e. The van der Waals surface area contributed by atoms with Gasteiger partial charge in [0.05, 0.1) is 0 Å². The summed E-state index contributed by atoms with van der Waals surface area (Å²) in [5, 5.41) is 9.71. The predicted octanol–water partition coefficient (Wildman–Crippen LogP) is 2.68. The van der Waals surface area contributed by atoms with Crippen LogP contribution in [0.1, 0.15) is 26.4 Å². The first-order valence-electron chi connectivity index (χ1n) is 6.61. The third-order valence-corrected chi connectivity index (χ3v) is 2.60. The van der Waals surface area contributed by atoms with Crippen LogP contribution in [0, 0.1) is 12.7 Å². The number of nitrogens with zero attached hydrogens (tertiary/aromatic N) is 1. The van der Waals surface area contributed by atoms with Gasteiger partial charge in [-0.2, -0.15) is 5.06 Å². The van der Waals surface area contributed by atoms with Crippen molar-refractivity contribution in [2.45, 2.75) is 33.4 Å². The number of rotatable bonds is 2. The van der Waals surface area contributed by atoms with Crippen LogP contribution in [-0.2, 0) is 11.3 Å². The third kappa shape index (κ3) is 5.61. The number of halogens is 1. The lowest BCUT2D eigenvalue weighted by molar-refractivity contribution is -0.129. The zero-order chi connectivity index (χ0) is 15.5. The Morgan fingerprint density at radius 3 is 2.55 bits per heavy atom. The van der Waals surface area contributed by atoms with Crippen molar-refractivity contribution < 1.29 is 15.8 Å². The van der Waals surface area contributed by atoms with Crippen molar-refractivity contribution in [3.05, 3.63) is 47.3 Å². The Balaban J connectivity index is 0. The van der Waals surface area contributed by atoms with E-state index in [0.29, 0.717) is 24.0 Å². The van der Waals surface area contributed by atoms with Crippen LogP contribution in [0.15, 0.2) is 30.4 Å². The number of benzene rings is 1. The number of aryl methyl sites for hydroxylation is 1. The van der Waals surface area contributed by atoms with Crippen molar-refractivity contribution in [2.24, 2.45) is 5.73 Å². The fraction of sp³-hybridized carbons (Fsp3) is 0.400. The van der Waals surface area contributed by atoms with E-state index in [9.17, 15) is 9.18 Å². The van der Waals surface area contributed by atoms with E-state index in [-0.39, 0.29) is 13.8 Å². The fourth-order valence-electron chi connectivity index (χ4n) is 1.51. The van der Waals surface area contributed by atoms with Gasteiger partial charge in [-0.3, -0.25) is 0 Å². The quantitative estimate of drug-likeness (QED) is 0.647. The summed E-state index contributed by atoms with van der Waals surface area (Å²) in [6.07, 6.45) is 4.11. The van der Waals surface area contributed by atoms with Crippen LogP contribution in [0.2, 0.25) is 0 Å². The summed E-state index contributed by atoms with van der Waals surface area (Å²) in [6.45, 7) is 6.46. The lowest BCUT2D eigenvalue weighted by Crippen LogP contribution is -2.26. The standard InChI is InChI=1S/C8H10FN.C5H7NO2.C2H6.H2/c1-6-3-2-4-7(5-10)8(6)9;7-4-5-2-1-3-6(5)8;1-2;/h2-4H,5,10H2,1H3;1-2,4-5,8H,3H2;1-2H3;1H/t;5-;;/m.0../s1. The number of carbonyl (C=O) groups excluding carboxylic acids is 1. The van der Waals surface area contributed by atoms with Gasteiger partial charge < -0.3 is 15.7 Å². The molecule has 1 atom stereocenters. The molecule has 0 bridgehead atoms. The highest BCUT2D eigenvalue weighted by molar-refractivity contribution is 5.61. The summed E-state index contributed by atoms with van der Waals surface area (Å²) < 4.78 is 12.9. The highest BCUT2D eigenvalue weighted by atomic mass is 19.1. The number of hydroxylamine groups is 2. The topological polar surface area (TPSA) is 66.6 Å². The molecule has 114 valence electrons. The summed E-state index contributed by atoms with van der Waals surface area (Å²) in [7, 11) is 0. The molecule has 0 fully saturated rings. The van der Waals surface area contributed by atoms with Gasteiger partial charge in [0, 0.05) is 20.1 Å². The Kier molecular flexibility index (Phi) is 9.45. The van der Waals surface area contributed by atoms with Crippen LogP contribution >= 0.6 is 0 Å². The number of nitrogens with two attached hydrogens (primary N) is 1. The van der Waals surface area contributed by atoms with Crippen LogP contribution in [0.5, 0.6) is 0 Å². The minimum atomic E-state index is -0.407. The van der Waals surface area contributed by atoms with Crippen molar-refractivity contribution in [1.82, 2.24) is 5.06 Å². The third-order valence-electron chi connectivity index (χ3n) is 2.60. The number of aldehydes is 1. The number of hydrogen-bond acceptors (Lipinski definition) is 4. The van der Waals surface area contributed by atoms with E-state index in [1.807, 2.05) is 13.8 Å². The fourth-order valence-corrected chi connectivity index (χ4v) is 1.51. The van der Waals surface area contributed by atoms with Crippen LogP contribution in [-0.4, -0.2) is 29.1 Å². The highest BCUT2D eigenvalue weighted by Crippen LogP contribution is 2.10. The molecule has 2 rings (SSSR count). The zero-order valence-electron chi connectivity index (χ0n) is 12.2. The highest BCUT2D eigenvalue weighted by Gasteiger charge is 2.14. The van der Waals surface area contributed by atoms with Crippen molar-refractivity contribution in [1.29, 1.82) is 0 Å². The van der Waals surface area contributed by atoms with Crippen LogP contribution in [0.25, 0.3) is 0 Å². The molecule has 1 aromatic rings. The summed E-state index contributed by atoms with van der Waals surface area (Å²) in [6, 6.07) is 4.83. The molecule has 1 aliphatic rings. The predicted molar refractivity (Wildman–Crippen MR) is 80.0 cm³/mol. The average Bonchev–Trinajstić information content (AvgIpc) is 2.90. The summed E-state index contributed by atoms with van der Waals surface area (Å²) in [4.78, 5) is 9.96. The maximum absolute atomic E-state index is 12.9. The Bertz CT molecular complexity index is 442. The minimum Gasteiger partial charge on any atom is -0.326 e. The monoisotopic (exact) mass is 284 g/mol. The molecule has 1 heterocycles. The molecule has 0 aromatic heterocycles. The van der Waals surface area contributed by atoms with E-state index in [0.717, 1.165) is 5.06 Å². The van der Waals surface area contributed by atoms with E-state index in [1.54, 1.807) is 37.3 Å². The SMILES string of the molecule is CC.Cc1cccc(CN)c1F.O=C[C@@H]1C=CCN1O.[HH]. The van der Waals surface area contributed by atoms with Crippen molar-refractivity contribution in [3.63, 3.8) is 0 Å². The second-order valence-electron chi connectivity index (χ2n) is 3.93. The molecule has 0 spiro atoms. The van der Waals surface area contributed by atoms with Gasteiger partial charge >= 0.3 is 0 Å². The largest absolute Gasteiger partial charge is 0.326 e. The maximum atomic E-state index is 12.9. The van der Waals surface area contributed by atoms with E-state index < -0.39 is 6.04 Å². The van der Waals surface area contributed by atoms with Crippen molar-refractivity contribution in [3.8, 4) is 0 Å². The van der Waals surface area contributed by atoms with Gasteiger partial charge in [-0.15, -0.1) is 0 Å². The Hall–Kier alpha value is -1.56. The first-order chi connectivity index (χ1) is 9.60. The molecule has 0 aliphatic carbocycles. The lowest BCUT2D eigenvalue weighted by atomic mass is 10.1. The zero-order valence-corrected chi connectivity index (χ0v) is 12.2. The molecular weight excluding hydrogens is 259 g/mol. The molecule has 0 radical (unpaired) electrons. The normalized spacial score (nSPS) is 16.8. The minimum absolute atomic E-state index is 0. The Morgan fingerprint density at radius 1 is 1.55 bits per heavy atom. The van der Waals surface area contributed by atoms with Crippen LogP contribution < -0.4 is 5.73 Å². The summed E-state index contributed by atoms with van der Waals surface area (Å²) in [5.74, 6) is -0.176. The molecule has 0 amide bonds. The molecule has 0 saturated carbocycles. The van der Waals surface area contributed by atoms with E-state index in [1.165, 1.54) is 0 Å². The number of hydrogen-bond donors (Lipinski definition) is 2. The van der Waals surface area contributed by atoms with Gasteiger partial charge in [0.2, 0.25) is 0 Å². The Labute approximate surface area is 121 Å². The molecule has 3 N–H and O–H groups in total. The molecule has 5 heteroatoms. The average molecular weight is 284 g/mol. The summed E-state index contributed by atoms with van der Waals surface area (Å²) >= 11 is 0. The van der Waals surface area contributed by atoms with Gasteiger partial charge in [-0.05, 0) is 12.5 Å². The lowest BCUT2D eigenvalue weighted by Gasteiger charge is -2.08. The van der Waals surface area contributed by atoms with Crippen LogP contribution in [0.4, 0.5) is 4.39 Å². The van der Waals surface area contributed by atoms with Crippen molar-refractivity contribution in [2.75, 3.05) is 6.54 Å².